The van der Waals surface area contributed by atoms with Crippen LogP contribution in [0.2, 0.25) is 5.15 Å². The molecule has 23 heavy (non-hydrogen) atoms. The quantitative estimate of drug-likeness (QED) is 0.701. The van der Waals surface area contributed by atoms with E-state index in [9.17, 15) is 4.79 Å². The van der Waals surface area contributed by atoms with Crippen molar-refractivity contribution in [2.75, 3.05) is 0 Å². The summed E-state index contributed by atoms with van der Waals surface area (Å²) in [6, 6.07) is 10.1. The minimum absolute atomic E-state index is 0.404. The number of carboxylic acids is 1. The predicted octanol–water partition coefficient (Wildman–Crippen LogP) is 3.99. The largest absolute Gasteiger partial charge is 0.479 e. The normalized spacial score (nSPS) is 12.1. The summed E-state index contributed by atoms with van der Waals surface area (Å²) in [6.45, 7) is 1.46. The zero-order valence-electron chi connectivity index (χ0n) is 11.9. The van der Waals surface area contributed by atoms with Crippen molar-refractivity contribution in [1.29, 1.82) is 0 Å². The number of thiazole rings is 1. The number of hydrogen-bond acceptors (Lipinski definition) is 6. The number of aromatic nitrogens is 2. The van der Waals surface area contributed by atoms with E-state index in [0.717, 1.165) is 0 Å². The summed E-state index contributed by atoms with van der Waals surface area (Å²) in [5.41, 5.74) is 0.713. The molecule has 8 heteroatoms. The summed E-state index contributed by atoms with van der Waals surface area (Å²) in [5.74, 6) is -0.0126. The van der Waals surface area contributed by atoms with E-state index in [1.54, 1.807) is 36.4 Å². The summed E-state index contributed by atoms with van der Waals surface area (Å²) in [5, 5.41) is 9.66. The Morgan fingerprint density at radius 3 is 2.57 bits per heavy atom. The van der Waals surface area contributed by atoms with Crippen molar-refractivity contribution >= 4 is 39.3 Å². The molecule has 2 aromatic heterocycles. The third-order valence-electron chi connectivity index (χ3n) is 2.89. The average Bonchev–Trinajstić information content (AvgIpc) is 2.90. The molecule has 1 atom stereocenters. The van der Waals surface area contributed by atoms with Crippen LogP contribution in [0.4, 0.5) is 0 Å². The van der Waals surface area contributed by atoms with Gasteiger partial charge in [-0.3, -0.25) is 0 Å². The van der Waals surface area contributed by atoms with Gasteiger partial charge in [0.25, 0.3) is 5.19 Å². The number of rotatable bonds is 5. The van der Waals surface area contributed by atoms with E-state index in [4.69, 9.17) is 26.2 Å². The van der Waals surface area contributed by atoms with Gasteiger partial charge in [-0.1, -0.05) is 22.9 Å². The van der Waals surface area contributed by atoms with Crippen LogP contribution in [0.1, 0.15) is 6.92 Å². The lowest BCUT2D eigenvalue weighted by molar-refractivity contribution is -0.144. The highest BCUT2D eigenvalue weighted by Crippen LogP contribution is 2.31. The molecular formula is C15H11ClN2O4S. The standard InChI is InChI=1S/C15H11ClN2O4S/c1-8(14(19)20)21-9-2-4-10(5-3-9)22-15-17-11-6-7-12(16)18-13(11)23-15/h2-8H,1H3,(H,19,20). The Hall–Kier alpha value is -2.38. The number of halogens is 1. The van der Waals surface area contributed by atoms with Gasteiger partial charge in [0.05, 0.1) is 0 Å². The highest BCUT2D eigenvalue weighted by atomic mass is 35.5. The Bertz CT molecular complexity index is 850. The molecule has 3 aromatic rings. The molecule has 0 aliphatic heterocycles. The molecule has 0 saturated carbocycles. The second-order valence-electron chi connectivity index (χ2n) is 4.61. The van der Waals surface area contributed by atoms with Gasteiger partial charge in [0.1, 0.15) is 27.0 Å². The van der Waals surface area contributed by atoms with Crippen molar-refractivity contribution in [2.45, 2.75) is 13.0 Å². The van der Waals surface area contributed by atoms with E-state index in [-0.39, 0.29) is 0 Å². The van der Waals surface area contributed by atoms with Crippen LogP contribution in [-0.4, -0.2) is 27.1 Å². The summed E-state index contributed by atoms with van der Waals surface area (Å²) >= 11 is 7.13. The number of benzene rings is 1. The molecule has 0 radical (unpaired) electrons. The first-order valence-electron chi connectivity index (χ1n) is 6.62. The summed E-state index contributed by atoms with van der Waals surface area (Å²) in [6.07, 6.45) is -0.915. The van der Waals surface area contributed by atoms with Gasteiger partial charge >= 0.3 is 5.97 Å². The first-order chi connectivity index (χ1) is 11.0. The lowest BCUT2D eigenvalue weighted by Crippen LogP contribution is -2.22. The van der Waals surface area contributed by atoms with Crippen molar-refractivity contribution in [3.05, 3.63) is 41.6 Å². The zero-order valence-corrected chi connectivity index (χ0v) is 13.5. The van der Waals surface area contributed by atoms with Gasteiger partial charge in [0.15, 0.2) is 6.10 Å². The summed E-state index contributed by atoms with van der Waals surface area (Å²) in [4.78, 5) is 19.9. The molecule has 0 aliphatic rings. The number of ether oxygens (including phenoxy) is 2. The maximum absolute atomic E-state index is 10.7. The van der Waals surface area contributed by atoms with E-state index < -0.39 is 12.1 Å². The van der Waals surface area contributed by atoms with Gasteiger partial charge in [-0.2, -0.15) is 0 Å². The van der Waals surface area contributed by atoms with Crippen LogP contribution in [0, 0.1) is 0 Å². The lowest BCUT2D eigenvalue weighted by atomic mass is 10.3. The molecule has 0 fully saturated rings. The van der Waals surface area contributed by atoms with E-state index in [1.165, 1.54) is 18.3 Å². The van der Waals surface area contributed by atoms with Gasteiger partial charge in [-0.25, -0.2) is 14.8 Å². The molecule has 0 spiro atoms. The molecule has 2 heterocycles. The van der Waals surface area contributed by atoms with Gasteiger partial charge in [-0.15, -0.1) is 0 Å². The average molecular weight is 351 g/mol. The molecule has 0 saturated heterocycles. The van der Waals surface area contributed by atoms with Crippen molar-refractivity contribution in [1.82, 2.24) is 9.97 Å². The molecule has 0 bridgehead atoms. The van der Waals surface area contributed by atoms with Crippen molar-refractivity contribution in [2.24, 2.45) is 0 Å². The minimum Gasteiger partial charge on any atom is -0.479 e. The fourth-order valence-electron chi connectivity index (χ4n) is 1.76. The van der Waals surface area contributed by atoms with E-state index in [2.05, 4.69) is 9.97 Å². The third-order valence-corrected chi connectivity index (χ3v) is 3.94. The van der Waals surface area contributed by atoms with Crippen LogP contribution in [-0.2, 0) is 4.79 Å². The number of aliphatic carboxylic acids is 1. The van der Waals surface area contributed by atoms with Gasteiger partial charge in [0.2, 0.25) is 0 Å². The molecule has 1 aromatic carbocycles. The molecule has 1 N–H and O–H groups in total. The second-order valence-corrected chi connectivity index (χ2v) is 5.94. The zero-order chi connectivity index (χ0) is 16.4. The van der Waals surface area contributed by atoms with E-state index >= 15 is 0 Å². The molecule has 6 nitrogen and oxygen atoms in total. The molecule has 118 valence electrons. The second kappa shape index (κ2) is 6.39. The number of hydrogen-bond donors (Lipinski definition) is 1. The van der Waals surface area contributed by atoms with Crippen molar-refractivity contribution in [3.63, 3.8) is 0 Å². The number of carboxylic acid groups (broad SMARTS) is 1. The smallest absolute Gasteiger partial charge is 0.344 e. The fraction of sp³-hybridized carbons (Fsp3) is 0.133. The fourth-order valence-corrected chi connectivity index (χ4v) is 2.77. The lowest BCUT2D eigenvalue weighted by Gasteiger charge is -2.10. The van der Waals surface area contributed by atoms with Gasteiger partial charge in [-0.05, 0) is 43.3 Å². The van der Waals surface area contributed by atoms with Crippen LogP contribution < -0.4 is 9.47 Å². The van der Waals surface area contributed by atoms with Gasteiger partial charge < -0.3 is 14.6 Å². The van der Waals surface area contributed by atoms with E-state index in [0.29, 0.717) is 32.2 Å². The van der Waals surface area contributed by atoms with Crippen LogP contribution in [0.15, 0.2) is 36.4 Å². The maximum Gasteiger partial charge on any atom is 0.344 e. The number of nitrogens with zero attached hydrogens (tertiary/aromatic N) is 2. The highest BCUT2D eigenvalue weighted by Gasteiger charge is 2.12. The Kier molecular flexibility index (Phi) is 4.31. The molecule has 0 aliphatic carbocycles. The van der Waals surface area contributed by atoms with Crippen molar-refractivity contribution < 1.29 is 19.4 Å². The first kappa shape index (κ1) is 15.5. The number of fused-ring (bicyclic) bond motifs is 1. The van der Waals surface area contributed by atoms with Crippen LogP contribution in [0.5, 0.6) is 16.7 Å². The highest BCUT2D eigenvalue weighted by molar-refractivity contribution is 7.19. The van der Waals surface area contributed by atoms with Crippen LogP contribution in [0.3, 0.4) is 0 Å². The third kappa shape index (κ3) is 3.69. The Morgan fingerprint density at radius 2 is 1.87 bits per heavy atom. The van der Waals surface area contributed by atoms with Crippen LogP contribution in [0.25, 0.3) is 10.3 Å². The molecule has 0 amide bonds. The minimum atomic E-state index is -1.02. The molecule has 3 rings (SSSR count). The molecular weight excluding hydrogens is 340 g/mol. The number of pyridine rings is 1. The number of carbonyl (C=O) groups is 1. The Balaban J connectivity index is 1.73. The summed E-state index contributed by atoms with van der Waals surface area (Å²) < 4.78 is 10.9. The SMILES string of the molecule is CC(Oc1ccc(Oc2nc3ccc(Cl)nc3s2)cc1)C(=O)O. The predicted molar refractivity (Wildman–Crippen MR) is 86.7 cm³/mol. The van der Waals surface area contributed by atoms with Crippen LogP contribution >= 0.6 is 22.9 Å². The maximum atomic E-state index is 10.7. The molecule has 1 unspecified atom stereocenters. The van der Waals surface area contributed by atoms with Crippen molar-refractivity contribution in [3.8, 4) is 16.7 Å². The Morgan fingerprint density at radius 1 is 1.17 bits per heavy atom. The van der Waals surface area contributed by atoms with Gasteiger partial charge in [0, 0.05) is 0 Å². The van der Waals surface area contributed by atoms with E-state index in [1.807, 2.05) is 0 Å². The monoisotopic (exact) mass is 350 g/mol. The Labute approximate surface area is 140 Å². The first-order valence-corrected chi connectivity index (χ1v) is 7.81. The topological polar surface area (TPSA) is 81.5 Å². The summed E-state index contributed by atoms with van der Waals surface area (Å²) in [7, 11) is 0.